The Morgan fingerprint density at radius 1 is 0.566 bits per heavy atom. The molecule has 0 bridgehead atoms. The molecule has 6 nitrogen and oxygen atoms in total. The minimum Gasteiger partial charge on any atom is -0.444 e. The van der Waals surface area contributed by atoms with Crippen LogP contribution in [0.1, 0.15) is 77.4 Å². The fraction of sp³-hybridized carbons (Fsp3) is 0.419. The van der Waals surface area contributed by atoms with Gasteiger partial charge in [0.25, 0.3) is 0 Å². The number of aryl methyl sites for hydroxylation is 4. The third-order valence-corrected chi connectivity index (χ3v) is 10.9. The maximum absolute atomic E-state index is 12.5. The van der Waals surface area contributed by atoms with Crippen molar-refractivity contribution in [2.24, 2.45) is 0 Å². The summed E-state index contributed by atoms with van der Waals surface area (Å²) in [5, 5.41) is 6.48. The van der Waals surface area contributed by atoms with Crippen molar-refractivity contribution in [2.45, 2.75) is 66.2 Å². The Hall–Kier alpha value is -2.81. The highest BCUT2D eigenvalue weighted by molar-refractivity contribution is 6.31. The molecule has 2 fully saturated rings. The predicted octanol–water partition coefficient (Wildman–Crippen LogP) is 10.9. The maximum atomic E-state index is 12.5. The van der Waals surface area contributed by atoms with E-state index in [-0.39, 0.29) is 18.2 Å². The van der Waals surface area contributed by atoms with Gasteiger partial charge >= 0.3 is 6.09 Å². The lowest BCUT2D eigenvalue weighted by atomic mass is 9.90. The van der Waals surface area contributed by atoms with Crippen LogP contribution in [0.25, 0.3) is 0 Å². The number of nitrogens with one attached hydrogen (secondary N) is 1. The first-order valence-electron chi connectivity index (χ1n) is 18.3. The van der Waals surface area contributed by atoms with Gasteiger partial charge in [0.2, 0.25) is 0 Å². The second-order valence-electron chi connectivity index (χ2n) is 15.1. The smallest absolute Gasteiger partial charge is 0.410 e. The number of piperazine rings is 2. The van der Waals surface area contributed by atoms with Crippen molar-refractivity contribution in [2.75, 3.05) is 52.4 Å². The van der Waals surface area contributed by atoms with E-state index in [1.165, 1.54) is 33.4 Å². The molecule has 6 rings (SSSR count). The molecule has 284 valence electrons. The molecule has 0 spiro atoms. The number of benzene rings is 4. The fourth-order valence-corrected chi connectivity index (χ4v) is 8.24. The van der Waals surface area contributed by atoms with Gasteiger partial charge in [-0.2, -0.15) is 0 Å². The van der Waals surface area contributed by atoms with Crippen molar-refractivity contribution < 1.29 is 9.53 Å². The van der Waals surface area contributed by atoms with Crippen molar-refractivity contribution >= 4 is 52.5 Å². The molecule has 0 unspecified atom stereocenters. The summed E-state index contributed by atoms with van der Waals surface area (Å²) in [6, 6.07) is 24.8. The van der Waals surface area contributed by atoms with E-state index in [2.05, 4.69) is 79.2 Å². The minimum absolute atomic E-state index is 0.0697. The molecule has 0 saturated carbocycles. The van der Waals surface area contributed by atoms with Crippen LogP contribution in [0.4, 0.5) is 4.79 Å². The van der Waals surface area contributed by atoms with Crippen LogP contribution < -0.4 is 5.32 Å². The maximum Gasteiger partial charge on any atom is 0.410 e. The first-order valence-corrected chi connectivity index (χ1v) is 19.8. The van der Waals surface area contributed by atoms with Gasteiger partial charge in [-0.3, -0.25) is 9.80 Å². The van der Waals surface area contributed by atoms with Crippen LogP contribution in [-0.4, -0.2) is 78.8 Å². The fourth-order valence-electron chi connectivity index (χ4n) is 7.33. The van der Waals surface area contributed by atoms with Crippen molar-refractivity contribution in [3.05, 3.63) is 137 Å². The summed E-state index contributed by atoms with van der Waals surface area (Å²) >= 11 is 24.8. The number of amides is 1. The molecule has 1 N–H and O–H groups in total. The number of ether oxygens (including phenoxy) is 1. The second-order valence-corrected chi connectivity index (χ2v) is 16.8. The van der Waals surface area contributed by atoms with E-state index >= 15 is 0 Å². The SMILES string of the molecule is Cc1cc(Cl)ccc1C(c1ccc(Cl)cc1C)N1CCN(C(=O)OC(C)(C)C)CC1.Cc1cc(Cl)ccc1C(c1ccc(Cl)cc1C)N1CCNCC1. The monoisotopic (exact) mass is 796 g/mol. The standard InChI is InChI=1S/C24H30Cl2N2O2.C19H22Cl2N2/c1-16-14-18(25)6-8-20(16)22(21-9-7-19(26)15-17(21)2)27-10-12-28(13-11-27)23(29)30-24(3,4)5;1-13-11-15(20)3-5-17(13)19(23-9-7-22-8-10-23)18-6-4-16(21)12-14(18)2/h6-9,14-15,22H,10-13H2,1-5H3;3-6,11-12,19,22H,7-10H2,1-2H3. The average Bonchev–Trinajstić information content (AvgIpc) is 3.09. The van der Waals surface area contributed by atoms with Crippen LogP contribution >= 0.6 is 46.4 Å². The zero-order valence-electron chi connectivity index (χ0n) is 31.9. The third kappa shape index (κ3) is 10.9. The van der Waals surface area contributed by atoms with E-state index in [1.54, 1.807) is 4.90 Å². The van der Waals surface area contributed by atoms with Crippen LogP contribution in [0.5, 0.6) is 0 Å². The van der Waals surface area contributed by atoms with Gasteiger partial charge in [-0.1, -0.05) is 70.7 Å². The van der Waals surface area contributed by atoms with Crippen LogP contribution in [0.3, 0.4) is 0 Å². The van der Waals surface area contributed by atoms with Crippen LogP contribution in [0.2, 0.25) is 20.1 Å². The van der Waals surface area contributed by atoms with E-state index < -0.39 is 5.60 Å². The Labute approximate surface area is 336 Å². The molecule has 1 amide bonds. The van der Waals surface area contributed by atoms with E-state index in [1.807, 2.05) is 57.2 Å². The molecule has 4 aromatic carbocycles. The van der Waals surface area contributed by atoms with Crippen molar-refractivity contribution in [1.29, 1.82) is 0 Å². The second kappa shape index (κ2) is 18.2. The van der Waals surface area contributed by atoms with E-state index in [9.17, 15) is 4.79 Å². The number of hydrogen-bond donors (Lipinski definition) is 1. The Morgan fingerprint density at radius 2 is 0.887 bits per heavy atom. The molecule has 2 aliphatic heterocycles. The molecular weight excluding hydrogens is 746 g/mol. The summed E-state index contributed by atoms with van der Waals surface area (Å²) < 4.78 is 5.55. The number of carbonyl (C=O) groups excluding carboxylic acids is 1. The first-order chi connectivity index (χ1) is 25.1. The summed E-state index contributed by atoms with van der Waals surface area (Å²) in [7, 11) is 0. The van der Waals surface area contributed by atoms with Crippen molar-refractivity contribution in [3.8, 4) is 0 Å². The number of halogens is 4. The quantitative estimate of drug-likeness (QED) is 0.211. The van der Waals surface area contributed by atoms with Gasteiger partial charge in [-0.15, -0.1) is 0 Å². The van der Waals surface area contributed by atoms with Gasteiger partial charge in [0, 0.05) is 72.4 Å². The molecule has 2 aliphatic rings. The van der Waals surface area contributed by atoms with Gasteiger partial charge in [-0.05, 0) is 142 Å². The Balaban J connectivity index is 0.000000211. The molecule has 0 aromatic heterocycles. The highest BCUT2D eigenvalue weighted by Crippen LogP contribution is 2.37. The summed E-state index contributed by atoms with van der Waals surface area (Å²) in [6.07, 6.45) is -0.246. The Morgan fingerprint density at radius 3 is 1.19 bits per heavy atom. The summed E-state index contributed by atoms with van der Waals surface area (Å²) in [6.45, 7) is 21.0. The zero-order chi connectivity index (χ0) is 38.4. The largest absolute Gasteiger partial charge is 0.444 e. The lowest BCUT2D eigenvalue weighted by molar-refractivity contribution is 0.0119. The number of nitrogens with zero attached hydrogens (tertiary/aromatic N) is 3. The molecule has 0 aliphatic carbocycles. The molecule has 2 saturated heterocycles. The molecule has 4 aromatic rings. The van der Waals surface area contributed by atoms with Crippen LogP contribution in [0.15, 0.2) is 72.8 Å². The molecule has 10 heteroatoms. The van der Waals surface area contributed by atoms with Crippen LogP contribution in [0, 0.1) is 27.7 Å². The molecular formula is C43H52Cl4N4O2. The van der Waals surface area contributed by atoms with E-state index in [4.69, 9.17) is 51.1 Å². The van der Waals surface area contributed by atoms with E-state index in [0.29, 0.717) is 13.1 Å². The molecule has 0 atom stereocenters. The highest BCUT2D eigenvalue weighted by Gasteiger charge is 2.32. The predicted molar refractivity (Wildman–Crippen MR) is 222 cm³/mol. The van der Waals surface area contributed by atoms with Crippen LogP contribution in [-0.2, 0) is 4.74 Å². The summed E-state index contributed by atoms with van der Waals surface area (Å²) in [5.41, 5.74) is 9.35. The van der Waals surface area contributed by atoms with E-state index in [0.717, 1.165) is 70.5 Å². The molecule has 0 radical (unpaired) electrons. The molecule has 53 heavy (non-hydrogen) atoms. The topological polar surface area (TPSA) is 48.1 Å². The van der Waals surface area contributed by atoms with Gasteiger partial charge < -0.3 is 15.0 Å². The average molecular weight is 799 g/mol. The van der Waals surface area contributed by atoms with Crippen molar-refractivity contribution in [1.82, 2.24) is 20.0 Å². The highest BCUT2D eigenvalue weighted by atomic mass is 35.5. The number of rotatable bonds is 6. The van der Waals surface area contributed by atoms with Crippen molar-refractivity contribution in [3.63, 3.8) is 0 Å². The number of hydrogen-bond acceptors (Lipinski definition) is 5. The minimum atomic E-state index is -0.489. The molecule has 2 heterocycles. The van der Waals surface area contributed by atoms with Gasteiger partial charge in [0.15, 0.2) is 0 Å². The van der Waals surface area contributed by atoms with Gasteiger partial charge in [-0.25, -0.2) is 4.79 Å². The summed E-state index contributed by atoms with van der Waals surface area (Å²) in [4.78, 5) is 19.2. The van der Waals surface area contributed by atoms with Gasteiger partial charge in [0.1, 0.15) is 5.60 Å². The Kier molecular flexibility index (Phi) is 14.2. The normalized spacial score (nSPS) is 15.8. The number of carbonyl (C=O) groups is 1. The lowest BCUT2D eigenvalue weighted by Gasteiger charge is -2.40. The Bertz CT molecular complexity index is 1780. The lowest BCUT2D eigenvalue weighted by Crippen LogP contribution is -2.51. The summed E-state index contributed by atoms with van der Waals surface area (Å²) in [5.74, 6) is 0. The third-order valence-electron chi connectivity index (χ3n) is 9.95. The van der Waals surface area contributed by atoms with Gasteiger partial charge in [0.05, 0.1) is 12.1 Å². The zero-order valence-corrected chi connectivity index (χ0v) is 34.9. The first kappa shape index (κ1) is 41.4.